The Labute approximate surface area is 177 Å². The van der Waals surface area contributed by atoms with Gasteiger partial charge in [0.2, 0.25) is 5.75 Å². The molecule has 30 heavy (non-hydrogen) atoms. The van der Waals surface area contributed by atoms with Crippen molar-refractivity contribution < 1.29 is 9.90 Å². The molecule has 2 aromatic rings. The van der Waals surface area contributed by atoms with E-state index in [2.05, 4.69) is 36.2 Å². The highest BCUT2D eigenvalue weighted by atomic mass is 16.3. The van der Waals surface area contributed by atoms with Gasteiger partial charge in [-0.1, -0.05) is 42.7 Å². The molecule has 1 N–H and O–H groups in total. The third kappa shape index (κ3) is 3.32. The number of nitrogens with zero attached hydrogens (tertiary/aromatic N) is 3. The van der Waals surface area contributed by atoms with Crippen molar-refractivity contribution in [3.8, 4) is 5.75 Å². The van der Waals surface area contributed by atoms with E-state index in [0.29, 0.717) is 18.8 Å². The fraction of sp³-hybridized carbons (Fsp3) is 0.542. The van der Waals surface area contributed by atoms with E-state index < -0.39 is 11.3 Å². The van der Waals surface area contributed by atoms with Crippen molar-refractivity contribution in [2.45, 2.75) is 83.8 Å². The third-order valence-electron chi connectivity index (χ3n) is 6.84. The molecule has 1 aliphatic heterocycles. The van der Waals surface area contributed by atoms with Gasteiger partial charge in [0.1, 0.15) is 5.82 Å². The van der Waals surface area contributed by atoms with E-state index in [1.807, 2.05) is 20.8 Å². The summed E-state index contributed by atoms with van der Waals surface area (Å²) >= 11 is 0. The molecule has 0 unspecified atom stereocenters. The molecule has 1 amide bonds. The second kappa shape index (κ2) is 7.56. The van der Waals surface area contributed by atoms with Crippen molar-refractivity contribution in [1.29, 1.82) is 0 Å². The molecule has 6 nitrogen and oxygen atoms in total. The predicted molar refractivity (Wildman–Crippen MR) is 116 cm³/mol. The Morgan fingerprint density at radius 2 is 1.93 bits per heavy atom. The van der Waals surface area contributed by atoms with E-state index in [1.165, 1.54) is 11.1 Å². The minimum Gasteiger partial charge on any atom is -0.501 e. The first kappa shape index (κ1) is 20.6. The smallest absolute Gasteiger partial charge is 0.315 e. The van der Waals surface area contributed by atoms with Crippen LogP contribution in [0.15, 0.2) is 29.1 Å². The number of fused-ring (bicyclic) bond motifs is 1. The third-order valence-corrected chi connectivity index (χ3v) is 6.84. The zero-order valence-electron chi connectivity index (χ0n) is 18.3. The van der Waals surface area contributed by atoms with Gasteiger partial charge in [0.05, 0.1) is 0 Å². The highest BCUT2D eigenvalue weighted by Gasteiger charge is 2.40. The Morgan fingerprint density at radius 1 is 1.23 bits per heavy atom. The van der Waals surface area contributed by atoms with Crippen LogP contribution in [0.3, 0.4) is 0 Å². The lowest BCUT2D eigenvalue weighted by Crippen LogP contribution is -2.51. The van der Waals surface area contributed by atoms with Crippen molar-refractivity contribution in [1.82, 2.24) is 14.5 Å². The van der Waals surface area contributed by atoms with Crippen LogP contribution in [0.5, 0.6) is 5.75 Å². The van der Waals surface area contributed by atoms with E-state index in [4.69, 9.17) is 0 Å². The number of benzene rings is 1. The fourth-order valence-corrected chi connectivity index (χ4v) is 5.45. The summed E-state index contributed by atoms with van der Waals surface area (Å²) in [6.45, 7) is 8.53. The lowest BCUT2D eigenvalue weighted by atomic mass is 9.75. The van der Waals surface area contributed by atoms with E-state index in [9.17, 15) is 14.7 Å². The Morgan fingerprint density at radius 3 is 2.57 bits per heavy atom. The molecular weight excluding hydrogens is 378 g/mol. The van der Waals surface area contributed by atoms with Crippen LogP contribution in [0.4, 0.5) is 0 Å². The summed E-state index contributed by atoms with van der Waals surface area (Å²) < 4.78 is 1.80. The van der Waals surface area contributed by atoms with Gasteiger partial charge in [-0.05, 0) is 46.1 Å². The normalized spacial score (nSPS) is 20.6. The molecule has 2 aliphatic rings. The summed E-state index contributed by atoms with van der Waals surface area (Å²) in [5.74, 6) is -0.213. The molecule has 1 atom stereocenters. The molecule has 0 radical (unpaired) electrons. The van der Waals surface area contributed by atoms with Gasteiger partial charge in [0, 0.05) is 30.5 Å². The fourth-order valence-electron chi connectivity index (χ4n) is 5.45. The highest BCUT2D eigenvalue weighted by Crippen LogP contribution is 2.44. The molecule has 160 valence electrons. The summed E-state index contributed by atoms with van der Waals surface area (Å²) in [5.41, 5.74) is 1.78. The van der Waals surface area contributed by atoms with Gasteiger partial charge in [-0.25, -0.2) is 0 Å². The van der Waals surface area contributed by atoms with Crippen molar-refractivity contribution in [3.05, 3.63) is 57.3 Å². The van der Waals surface area contributed by atoms with Crippen molar-refractivity contribution in [3.63, 3.8) is 0 Å². The van der Waals surface area contributed by atoms with Gasteiger partial charge < -0.3 is 14.6 Å². The van der Waals surface area contributed by atoms with E-state index in [0.717, 1.165) is 25.7 Å². The first-order valence-electron chi connectivity index (χ1n) is 11.0. The number of rotatable bonds is 4. The summed E-state index contributed by atoms with van der Waals surface area (Å²) in [6, 6.07) is 8.53. The van der Waals surface area contributed by atoms with Gasteiger partial charge >= 0.3 is 5.56 Å². The van der Waals surface area contributed by atoms with E-state index >= 15 is 0 Å². The SMILES string of the molecule is Cc1cccc(C2(Cc3nc(=O)c(O)c4n3C[C@H](C)N(C(C)C)C4=O)CCCC2)c1. The molecular formula is C24H31N3O3. The number of hydrogen-bond acceptors (Lipinski definition) is 4. The summed E-state index contributed by atoms with van der Waals surface area (Å²) in [5, 5.41) is 10.5. The van der Waals surface area contributed by atoms with Crippen LogP contribution in [0.1, 0.15) is 73.9 Å². The number of aromatic nitrogens is 2. The molecule has 0 bridgehead atoms. The number of carbonyl (C=O) groups excluding carboxylic acids is 1. The molecule has 0 saturated heterocycles. The lowest BCUT2D eigenvalue weighted by Gasteiger charge is -2.40. The van der Waals surface area contributed by atoms with Crippen LogP contribution in [0.2, 0.25) is 0 Å². The quantitative estimate of drug-likeness (QED) is 0.838. The predicted octanol–water partition coefficient (Wildman–Crippen LogP) is 3.56. The average molecular weight is 410 g/mol. The Bertz CT molecular complexity index is 1030. The maximum atomic E-state index is 13.2. The zero-order valence-corrected chi connectivity index (χ0v) is 18.3. The van der Waals surface area contributed by atoms with Crippen LogP contribution in [0, 0.1) is 6.92 Å². The molecule has 0 spiro atoms. The van der Waals surface area contributed by atoms with Crippen LogP contribution in [-0.4, -0.2) is 37.5 Å². The number of aromatic hydroxyl groups is 1. The lowest BCUT2D eigenvalue weighted by molar-refractivity contribution is 0.0523. The Balaban J connectivity index is 1.84. The molecule has 1 saturated carbocycles. The van der Waals surface area contributed by atoms with Gasteiger partial charge in [0.25, 0.3) is 5.91 Å². The van der Waals surface area contributed by atoms with Gasteiger partial charge in [-0.3, -0.25) is 9.59 Å². The van der Waals surface area contributed by atoms with Crippen LogP contribution in [-0.2, 0) is 18.4 Å². The summed E-state index contributed by atoms with van der Waals surface area (Å²) in [4.78, 5) is 31.8. The van der Waals surface area contributed by atoms with Gasteiger partial charge in [-0.15, -0.1) is 0 Å². The van der Waals surface area contributed by atoms with Crippen LogP contribution < -0.4 is 5.56 Å². The summed E-state index contributed by atoms with van der Waals surface area (Å²) in [6.07, 6.45) is 4.94. The number of aryl methyl sites for hydroxylation is 1. The largest absolute Gasteiger partial charge is 0.501 e. The molecule has 4 rings (SSSR count). The van der Waals surface area contributed by atoms with Crippen molar-refractivity contribution in [2.75, 3.05) is 0 Å². The topological polar surface area (TPSA) is 75.4 Å². The number of amides is 1. The monoisotopic (exact) mass is 409 g/mol. The standard InChI is InChI=1S/C24H31N3O3/c1-15(2)27-17(4)14-26-19(25-22(29)21(28)20(26)23(27)30)13-24(10-5-6-11-24)18-9-7-8-16(3)12-18/h7-9,12,15,17,28H,5-6,10-11,13-14H2,1-4H3/t17-/m0/s1. The number of carbonyl (C=O) groups is 1. The van der Waals surface area contributed by atoms with E-state index in [-0.39, 0.29) is 29.1 Å². The molecule has 1 aliphatic carbocycles. The minimum absolute atomic E-state index is 0.0131. The molecule has 2 heterocycles. The molecule has 1 aromatic carbocycles. The summed E-state index contributed by atoms with van der Waals surface area (Å²) in [7, 11) is 0. The van der Waals surface area contributed by atoms with Gasteiger partial charge in [0.15, 0.2) is 5.69 Å². The second-order valence-electron chi connectivity index (χ2n) is 9.33. The molecule has 1 aromatic heterocycles. The molecule has 6 heteroatoms. The second-order valence-corrected chi connectivity index (χ2v) is 9.33. The van der Waals surface area contributed by atoms with Crippen molar-refractivity contribution in [2.24, 2.45) is 0 Å². The van der Waals surface area contributed by atoms with Crippen molar-refractivity contribution >= 4 is 5.91 Å². The maximum Gasteiger partial charge on any atom is 0.315 e. The Hall–Kier alpha value is -2.63. The number of hydrogen-bond donors (Lipinski definition) is 1. The first-order chi connectivity index (χ1) is 14.2. The van der Waals surface area contributed by atoms with Crippen LogP contribution in [0.25, 0.3) is 0 Å². The molecule has 1 fully saturated rings. The Kier molecular flexibility index (Phi) is 5.20. The zero-order chi connectivity index (χ0) is 21.6. The van der Waals surface area contributed by atoms with E-state index in [1.54, 1.807) is 9.47 Å². The maximum absolute atomic E-state index is 13.2. The first-order valence-corrected chi connectivity index (χ1v) is 11.0. The highest BCUT2D eigenvalue weighted by molar-refractivity contribution is 5.96. The minimum atomic E-state index is -0.708. The average Bonchev–Trinajstić information content (AvgIpc) is 3.15. The van der Waals surface area contributed by atoms with Gasteiger partial charge in [-0.2, -0.15) is 4.98 Å². The van der Waals surface area contributed by atoms with Crippen LogP contribution >= 0.6 is 0 Å².